The fraction of sp³-hybridized carbons (Fsp3) is 0.386. The molecule has 14 rings (SSSR count). The minimum absolute atomic E-state index is 0.0638. The van der Waals surface area contributed by atoms with Crippen LogP contribution < -0.4 is 19.6 Å². The molecule has 0 N–H and O–H groups in total. The topological polar surface area (TPSA) is 162 Å². The van der Waals surface area contributed by atoms with Crippen molar-refractivity contribution in [1.82, 2.24) is 0 Å². The third kappa shape index (κ3) is 19.8. The largest absolute Gasteiger partial charge is 0.463 e. The van der Waals surface area contributed by atoms with Crippen LogP contribution in [0.4, 0.5) is 22.7 Å². The summed E-state index contributed by atoms with van der Waals surface area (Å²) in [6.45, 7) is 68.6. The van der Waals surface area contributed by atoms with Gasteiger partial charge in [-0.05, 0) is 281 Å². The Morgan fingerprint density at radius 1 is 0.479 bits per heavy atom. The zero-order valence-electron chi connectivity index (χ0n) is 71.1. The Kier molecular flexibility index (Phi) is 25.9. The van der Waals surface area contributed by atoms with Crippen LogP contribution in [-0.2, 0) is 53.4 Å². The molecule has 2 atom stereocenters. The van der Waals surface area contributed by atoms with Gasteiger partial charge in [-0.15, -0.1) is 0 Å². The van der Waals surface area contributed by atoms with Crippen molar-refractivity contribution in [2.24, 2.45) is 17.3 Å². The zero-order valence-corrected chi connectivity index (χ0v) is 71.1. The van der Waals surface area contributed by atoms with Gasteiger partial charge in [-0.1, -0.05) is 126 Å². The summed E-state index contributed by atoms with van der Waals surface area (Å²) in [6.07, 6.45) is 39.7. The molecule has 0 saturated heterocycles. The van der Waals surface area contributed by atoms with Crippen molar-refractivity contribution < 1.29 is 18.9 Å². The second-order valence-corrected chi connectivity index (χ2v) is 35.6. The van der Waals surface area contributed by atoms with Crippen LogP contribution in [0.25, 0.3) is 43.7 Å². The molecule has 0 amide bonds. The van der Waals surface area contributed by atoms with Crippen molar-refractivity contribution in [3.8, 4) is 24.3 Å². The van der Waals surface area contributed by atoms with E-state index in [2.05, 4.69) is 171 Å². The number of allylic oxidation sites excluding steroid dienone is 20. The highest BCUT2D eigenvalue weighted by Crippen LogP contribution is 2.52. The molecule has 0 fully saturated rings. The summed E-state index contributed by atoms with van der Waals surface area (Å²) >= 11 is 0. The Bertz CT molecular complexity index is 5320. The van der Waals surface area contributed by atoms with Crippen molar-refractivity contribution in [3.05, 3.63) is 315 Å². The summed E-state index contributed by atoms with van der Waals surface area (Å²) in [7, 11) is 4.00. The van der Waals surface area contributed by atoms with Gasteiger partial charge in [0.15, 0.2) is 6.07 Å². The summed E-state index contributed by atoms with van der Waals surface area (Å²) in [5.41, 5.74) is 21.0. The van der Waals surface area contributed by atoms with Crippen molar-refractivity contribution >= 4 is 47.1 Å². The van der Waals surface area contributed by atoms with E-state index in [1.54, 1.807) is 37.3 Å². The van der Waals surface area contributed by atoms with E-state index in [4.69, 9.17) is 50.5 Å². The molecule has 0 radical (unpaired) electrons. The van der Waals surface area contributed by atoms with Gasteiger partial charge in [0.25, 0.3) is 17.1 Å². The highest BCUT2D eigenvalue weighted by Gasteiger charge is 2.42. The second kappa shape index (κ2) is 35.6. The first kappa shape index (κ1) is 85.2. The van der Waals surface area contributed by atoms with Crippen LogP contribution in [-0.4, -0.2) is 59.4 Å². The van der Waals surface area contributed by atoms with Gasteiger partial charge in [-0.2, -0.15) is 5.26 Å². The molecule has 0 spiro atoms. The van der Waals surface area contributed by atoms with Crippen molar-refractivity contribution in [2.45, 2.75) is 183 Å². The lowest BCUT2D eigenvalue weighted by molar-refractivity contribution is 0.223. The van der Waals surface area contributed by atoms with Crippen LogP contribution in [0.1, 0.15) is 198 Å². The second-order valence-electron chi connectivity index (χ2n) is 35.6. The molecule has 2 unspecified atom stereocenters. The third-order valence-corrected chi connectivity index (χ3v) is 23.4. The van der Waals surface area contributed by atoms with Gasteiger partial charge in [0.05, 0.1) is 49.6 Å². The monoisotopic (exact) mass is 1550 g/mol. The molecule has 10 aliphatic rings. The normalized spacial score (nSPS) is 20.8. The van der Waals surface area contributed by atoms with Gasteiger partial charge in [-0.25, -0.2) is 36.9 Å². The highest BCUT2D eigenvalue weighted by atomic mass is 16.5. The molecular weight excluding hydrogens is 1450 g/mol. The molecule has 4 aromatic rings. The Morgan fingerprint density at radius 3 is 1.28 bits per heavy atom. The molecule has 0 aliphatic carbocycles. The summed E-state index contributed by atoms with van der Waals surface area (Å²) in [5.74, 6) is 5.45. The van der Waals surface area contributed by atoms with Crippen LogP contribution in [0, 0.1) is 88.9 Å². The van der Waals surface area contributed by atoms with Gasteiger partial charge in [0, 0.05) is 87.4 Å². The third-order valence-electron chi connectivity index (χ3n) is 23.4. The number of hydrogen-bond acceptors (Lipinski definition) is 12. The van der Waals surface area contributed by atoms with Gasteiger partial charge in [0.1, 0.15) is 40.3 Å². The van der Waals surface area contributed by atoms with Gasteiger partial charge in [-0.3, -0.25) is 4.85 Å². The summed E-state index contributed by atoms with van der Waals surface area (Å²) in [6, 6.07) is 29.4. The minimum Gasteiger partial charge on any atom is -0.463 e. The standard InChI is InChI=1S/C30H35N3O.C29H33N3O.C23H23N3O.C19H17N3O/c1-28(2,3)26-18-21(25(19-31)32-8)17-22(34-26)10-9-20-15-23-27-24(16-20)30(6,7)12-14-33(27)13-11-29(23,4)5;1-19(2)26-17-21(25(18-30)31-7)16-22(33-26)9-8-20-14-23-27-24(15-20)29(5,6)11-13-32(27)12-10-28(23,3)4;1-16-11-20(22(15-24)25-2)14-21(27-16)8-7-17-12-18-5-3-9-26-10-4-6-19(13-17)23(18)26;1-14-11-16(19(13-20)21-2)12-18(23-14)10-7-15-5-8-17(9-6-15)22(3)4/h9-10,15-18H,11-14H2,1-7H3;8-9,14-17,19H,10-13H2,1-6H3;7-8,11-14,20,22H,3-6,9-10H2,1H3;5-12H,1,3-4H3/b10-9+,25-21-;9-8+,25-21-;8-7+;10-7+,19-16+. The minimum atomic E-state index is -0.702. The van der Waals surface area contributed by atoms with Crippen LogP contribution in [0.2, 0.25) is 0 Å². The van der Waals surface area contributed by atoms with Gasteiger partial charge in [0.2, 0.25) is 0 Å². The molecule has 596 valence electrons. The molecule has 10 heterocycles. The Hall–Kier alpha value is -12.7. The zero-order chi connectivity index (χ0) is 84.5. The highest BCUT2D eigenvalue weighted by molar-refractivity contribution is 5.75. The van der Waals surface area contributed by atoms with E-state index < -0.39 is 6.04 Å². The number of benzene rings is 4. The maximum absolute atomic E-state index is 9.41. The number of anilines is 4. The summed E-state index contributed by atoms with van der Waals surface area (Å²) in [4.78, 5) is 23.2. The molecular formula is C101H108N12O4. The summed E-state index contributed by atoms with van der Waals surface area (Å²) in [5, 5.41) is 36.9. The van der Waals surface area contributed by atoms with Crippen molar-refractivity contribution in [2.75, 3.05) is 73.0 Å². The van der Waals surface area contributed by atoms with Crippen LogP contribution in [0.5, 0.6) is 0 Å². The molecule has 117 heavy (non-hydrogen) atoms. The average molecular weight is 1550 g/mol. The van der Waals surface area contributed by atoms with E-state index in [1.165, 1.54) is 81.9 Å². The molecule has 0 aromatic heterocycles. The van der Waals surface area contributed by atoms with Crippen LogP contribution in [0.15, 0.2) is 213 Å². The molecule has 0 bridgehead atoms. The van der Waals surface area contributed by atoms with E-state index in [0.717, 1.165) is 104 Å². The first-order chi connectivity index (χ1) is 55.6. The molecule has 10 aliphatic heterocycles. The van der Waals surface area contributed by atoms with Crippen molar-refractivity contribution in [1.29, 1.82) is 21.0 Å². The van der Waals surface area contributed by atoms with Crippen LogP contribution in [0.3, 0.4) is 0 Å². The van der Waals surface area contributed by atoms with E-state index in [9.17, 15) is 15.8 Å². The lowest BCUT2D eigenvalue weighted by Crippen LogP contribution is -2.44. The lowest BCUT2D eigenvalue weighted by Gasteiger charge is -2.48. The fourth-order valence-corrected chi connectivity index (χ4v) is 16.4. The van der Waals surface area contributed by atoms with E-state index in [0.29, 0.717) is 45.5 Å². The number of hydrogen-bond donors (Lipinski definition) is 0. The Labute approximate surface area is 695 Å². The molecule has 4 aromatic carbocycles. The van der Waals surface area contributed by atoms with Crippen molar-refractivity contribution in [3.63, 3.8) is 0 Å². The molecule has 16 heteroatoms. The number of nitriles is 4. The molecule has 0 saturated carbocycles. The number of aryl methyl sites for hydroxylation is 2. The number of nitrogens with zero attached hydrogens (tertiary/aromatic N) is 12. The lowest BCUT2D eigenvalue weighted by atomic mass is 9.69. The number of rotatable bonds is 11. The predicted octanol–water partition coefficient (Wildman–Crippen LogP) is 23.4. The SMILES string of the molecule is [C-]#[N+]/C(C#N)=C1C=C(/C=C/c2cc3c4c(c2)C(C)(C)CCN4CCC3(C)C)OC(C(C)(C)C)=C/1.[C-]#[N+]/C(C#N)=C1C=C(/C=C/c2cc3c4c(c2)C(C)(C)CCN4CCC3(C)C)OC(C(C)C)=C/1.[C-]#[N+]/C(C#N)=C1\C=C(C)OC(/C=C/c2ccc(N(C)C)cc2)=C1.[C-]#[N+]C(C#N)C1C=C(C)OC(/C=C/c2cc3c4c(c2)CCCN4CCC3)=C1. The fourth-order valence-electron chi connectivity index (χ4n) is 16.4. The maximum Gasteiger partial charge on any atom is 0.316 e. The van der Waals surface area contributed by atoms with E-state index in [-0.39, 0.29) is 56.0 Å². The quantitative estimate of drug-likeness (QED) is 0.103. The smallest absolute Gasteiger partial charge is 0.316 e. The number of ether oxygens (including phenoxy) is 4. The average Bonchev–Trinajstić information content (AvgIpc) is 0.734. The molecule has 16 nitrogen and oxygen atoms in total. The summed E-state index contributed by atoms with van der Waals surface area (Å²) < 4.78 is 23.7. The Balaban J connectivity index is 0.000000155. The Morgan fingerprint density at radius 2 is 0.872 bits per heavy atom. The maximum atomic E-state index is 9.41. The first-order valence-electron chi connectivity index (χ1n) is 40.6. The van der Waals surface area contributed by atoms with Gasteiger partial charge < -0.3 is 38.5 Å². The van der Waals surface area contributed by atoms with Crippen LogP contribution >= 0.6 is 0 Å². The van der Waals surface area contributed by atoms with Gasteiger partial charge >= 0.3 is 6.04 Å². The van der Waals surface area contributed by atoms with E-state index in [1.807, 2.05) is 131 Å². The first-order valence-corrected chi connectivity index (χ1v) is 40.6. The van der Waals surface area contributed by atoms with E-state index >= 15 is 0 Å². The predicted molar refractivity (Wildman–Crippen MR) is 472 cm³/mol.